The van der Waals surface area contributed by atoms with Crippen LogP contribution in [0.2, 0.25) is 15.9 Å². The standard InChI is InChI=1S/C31H36N4.C24H28N2.C3Cl3N3.CH4/c1-8-23-9-11-24(12-10-23)30(4,5)25-13-15-26(16-14-25)31(6,7)27-17-19-28(20-18-27)35-29-33-21(2)32-22(3)34-29;1-23(2,19-9-13-21(25)14-10-19)17-5-7-18(8-6-17)24(3,4)20-11-15-22(26)16-12-20;4-1-7-2(5)9-3(6)8-1;/h9-20H,8H2,1-7H3,(H,32,33,34,35);5-16H,25-26H2,1-4H3;;1H4. The summed E-state index contributed by atoms with van der Waals surface area (Å²) < 4.78 is 0. The molecular formula is C59H68Cl3N9. The van der Waals surface area contributed by atoms with Crippen molar-refractivity contribution >= 4 is 57.8 Å². The number of aryl methyl sites for hydroxylation is 3. The summed E-state index contributed by atoms with van der Waals surface area (Å²) >= 11 is 16.0. The smallest absolute Gasteiger partial charge is 0.230 e. The third-order valence-corrected chi connectivity index (χ3v) is 13.8. The van der Waals surface area contributed by atoms with E-state index in [2.05, 4.69) is 219 Å². The number of nitrogens with one attached hydrogen (secondary N) is 1. The maximum atomic E-state index is 5.83. The van der Waals surface area contributed by atoms with Crippen molar-refractivity contribution in [3.8, 4) is 0 Å². The Hall–Kier alpha value is -6.39. The van der Waals surface area contributed by atoms with Crippen LogP contribution in [0.1, 0.15) is 131 Å². The van der Waals surface area contributed by atoms with Gasteiger partial charge in [0.05, 0.1) is 0 Å². The molecule has 8 rings (SSSR count). The summed E-state index contributed by atoms with van der Waals surface area (Å²) in [7, 11) is 0. The Morgan fingerprint density at radius 1 is 0.380 bits per heavy atom. The van der Waals surface area contributed by atoms with Gasteiger partial charge in [0, 0.05) is 38.7 Å². The molecule has 6 aromatic carbocycles. The van der Waals surface area contributed by atoms with Gasteiger partial charge in [-0.05, 0) is 142 Å². The van der Waals surface area contributed by atoms with Crippen molar-refractivity contribution in [1.82, 2.24) is 29.9 Å². The van der Waals surface area contributed by atoms with Crippen molar-refractivity contribution in [2.45, 2.75) is 112 Å². The van der Waals surface area contributed by atoms with Crippen molar-refractivity contribution in [2.75, 3.05) is 16.8 Å². The summed E-state index contributed by atoms with van der Waals surface area (Å²) in [5.74, 6) is 1.99. The molecule has 370 valence electrons. The van der Waals surface area contributed by atoms with Gasteiger partial charge in [-0.1, -0.05) is 179 Å². The first-order chi connectivity index (χ1) is 33.0. The molecular weight excluding hydrogens is 941 g/mol. The number of aromatic nitrogens is 6. The average Bonchev–Trinajstić information content (AvgIpc) is 3.32. The maximum Gasteiger partial charge on any atom is 0.230 e. The van der Waals surface area contributed by atoms with Crippen LogP contribution in [0.4, 0.5) is 23.0 Å². The molecule has 9 nitrogen and oxygen atoms in total. The van der Waals surface area contributed by atoms with Crippen LogP contribution in [0.3, 0.4) is 0 Å². The van der Waals surface area contributed by atoms with Crippen molar-refractivity contribution in [3.63, 3.8) is 0 Å². The van der Waals surface area contributed by atoms with Gasteiger partial charge < -0.3 is 16.8 Å². The lowest BCUT2D eigenvalue weighted by molar-refractivity contribution is 0.626. The first-order valence-corrected chi connectivity index (χ1v) is 24.5. The first kappa shape index (κ1) is 55.5. The molecule has 12 heteroatoms. The largest absolute Gasteiger partial charge is 0.399 e. The second kappa shape index (κ2) is 23.2. The monoisotopic (exact) mass is 1010 g/mol. The van der Waals surface area contributed by atoms with Gasteiger partial charge in [0.2, 0.25) is 21.8 Å². The van der Waals surface area contributed by atoms with Crippen LogP contribution in [0.5, 0.6) is 0 Å². The number of hydrogen-bond donors (Lipinski definition) is 3. The van der Waals surface area contributed by atoms with Gasteiger partial charge in [0.15, 0.2) is 0 Å². The normalized spacial score (nSPS) is 11.6. The molecule has 0 radical (unpaired) electrons. The van der Waals surface area contributed by atoms with Crippen molar-refractivity contribution in [1.29, 1.82) is 0 Å². The third-order valence-electron chi connectivity index (χ3n) is 13.3. The zero-order valence-corrected chi connectivity index (χ0v) is 44.3. The first-order valence-electron chi connectivity index (χ1n) is 23.3. The lowest BCUT2D eigenvalue weighted by Crippen LogP contribution is -2.21. The lowest BCUT2D eigenvalue weighted by Gasteiger charge is -2.29. The number of hydrogen-bond acceptors (Lipinski definition) is 9. The van der Waals surface area contributed by atoms with E-state index in [1.807, 2.05) is 38.1 Å². The number of nitrogens with zero attached hydrogens (tertiary/aromatic N) is 6. The molecule has 71 heavy (non-hydrogen) atoms. The SMILES string of the molecule is C.CC(C)(c1ccc(N)cc1)c1ccc(C(C)(C)c2ccc(N)cc2)cc1.CCc1ccc(C(C)(C)c2ccc(C(C)(C)c3ccc(Nc4nc(C)nc(C)n4)cc3)cc2)cc1.Clc1nc(Cl)nc(Cl)n1. The van der Waals surface area contributed by atoms with Gasteiger partial charge >= 0.3 is 0 Å². The average molecular weight is 1010 g/mol. The predicted octanol–water partition coefficient (Wildman–Crippen LogP) is 15.4. The molecule has 0 saturated carbocycles. The molecule has 0 atom stereocenters. The van der Waals surface area contributed by atoms with E-state index in [1.54, 1.807) is 0 Å². The number of nitrogen functional groups attached to an aromatic ring is 2. The van der Waals surface area contributed by atoms with Gasteiger partial charge in [-0.3, -0.25) is 0 Å². The molecule has 0 aliphatic heterocycles. The summed E-state index contributed by atoms with van der Waals surface area (Å²) in [6.07, 6.45) is 1.07. The van der Waals surface area contributed by atoms with Crippen LogP contribution in [0, 0.1) is 13.8 Å². The van der Waals surface area contributed by atoms with Gasteiger partial charge in [0.25, 0.3) is 0 Å². The molecule has 0 bridgehead atoms. The zero-order chi connectivity index (χ0) is 51.0. The van der Waals surface area contributed by atoms with Crippen LogP contribution in [-0.4, -0.2) is 29.9 Å². The van der Waals surface area contributed by atoms with Gasteiger partial charge in [-0.15, -0.1) is 0 Å². The minimum Gasteiger partial charge on any atom is -0.399 e. The highest BCUT2D eigenvalue weighted by molar-refractivity contribution is 6.33. The molecule has 0 aliphatic carbocycles. The van der Waals surface area contributed by atoms with Crippen LogP contribution < -0.4 is 16.8 Å². The molecule has 8 aromatic rings. The maximum absolute atomic E-state index is 5.83. The quantitative estimate of drug-likeness (QED) is 0.108. The molecule has 0 unspecified atom stereocenters. The molecule has 0 amide bonds. The van der Waals surface area contributed by atoms with Crippen molar-refractivity contribution in [2.24, 2.45) is 0 Å². The molecule has 2 aromatic heterocycles. The van der Waals surface area contributed by atoms with E-state index in [9.17, 15) is 0 Å². The van der Waals surface area contributed by atoms with Gasteiger partial charge in [0.1, 0.15) is 11.6 Å². The number of anilines is 4. The van der Waals surface area contributed by atoms with Crippen molar-refractivity contribution < 1.29 is 0 Å². The Bertz CT molecular complexity index is 2820. The Labute approximate surface area is 437 Å². The molecule has 0 saturated heterocycles. The van der Waals surface area contributed by atoms with Crippen LogP contribution in [0.25, 0.3) is 0 Å². The van der Waals surface area contributed by atoms with E-state index in [0.29, 0.717) is 17.6 Å². The molecule has 0 fully saturated rings. The van der Waals surface area contributed by atoms with Crippen molar-refractivity contribution in [3.05, 3.63) is 223 Å². The number of rotatable bonds is 11. The van der Waals surface area contributed by atoms with Gasteiger partial charge in [-0.25, -0.2) is 4.98 Å². The summed E-state index contributed by atoms with van der Waals surface area (Å²) in [6, 6.07) is 52.0. The number of halogens is 3. The summed E-state index contributed by atoms with van der Waals surface area (Å²) in [4.78, 5) is 23.4. The number of benzene rings is 6. The van der Waals surface area contributed by atoms with E-state index in [-0.39, 0.29) is 44.9 Å². The van der Waals surface area contributed by atoms with Crippen LogP contribution >= 0.6 is 34.8 Å². The Kier molecular flexibility index (Phi) is 18.2. The molecule has 2 heterocycles. The van der Waals surface area contributed by atoms with E-state index in [4.69, 9.17) is 46.3 Å². The summed E-state index contributed by atoms with van der Waals surface area (Å²) in [6.45, 7) is 24.1. The van der Waals surface area contributed by atoms with E-state index >= 15 is 0 Å². The molecule has 0 aliphatic rings. The summed E-state index contributed by atoms with van der Waals surface area (Å²) in [5, 5.41) is 3.29. The summed E-state index contributed by atoms with van der Waals surface area (Å²) in [5.41, 5.74) is 25.6. The second-order valence-electron chi connectivity index (χ2n) is 19.5. The number of nitrogens with two attached hydrogens (primary N) is 2. The fraction of sp³-hybridized carbons (Fsp3) is 0.288. The van der Waals surface area contributed by atoms with Crippen LogP contribution in [-0.2, 0) is 28.1 Å². The third kappa shape index (κ3) is 13.9. The van der Waals surface area contributed by atoms with E-state index < -0.39 is 0 Å². The highest BCUT2D eigenvalue weighted by Gasteiger charge is 2.28. The fourth-order valence-electron chi connectivity index (χ4n) is 8.30. The highest BCUT2D eigenvalue weighted by Crippen LogP contribution is 2.38. The Morgan fingerprint density at radius 2 is 0.620 bits per heavy atom. The minimum absolute atomic E-state index is 0. The molecule has 0 spiro atoms. The topological polar surface area (TPSA) is 141 Å². The Morgan fingerprint density at radius 3 is 0.887 bits per heavy atom. The van der Waals surface area contributed by atoms with E-state index in [0.717, 1.165) is 23.5 Å². The van der Waals surface area contributed by atoms with Gasteiger partial charge in [-0.2, -0.15) is 24.9 Å². The second-order valence-corrected chi connectivity index (χ2v) is 20.6. The zero-order valence-electron chi connectivity index (χ0n) is 42.0. The predicted molar refractivity (Wildman–Crippen MR) is 300 cm³/mol. The molecule has 5 N–H and O–H groups in total. The van der Waals surface area contributed by atoms with E-state index in [1.165, 1.54) is 50.1 Å². The van der Waals surface area contributed by atoms with Crippen LogP contribution in [0.15, 0.2) is 146 Å². The minimum atomic E-state index is -0.121. The Balaban J connectivity index is 0.000000228. The lowest BCUT2D eigenvalue weighted by atomic mass is 9.74. The fourth-order valence-corrected chi connectivity index (χ4v) is 8.91. The highest BCUT2D eigenvalue weighted by atomic mass is 35.5.